The number of aromatic amines is 1. The fraction of sp³-hybridized carbons (Fsp3) is 0.600. The lowest BCUT2D eigenvalue weighted by Gasteiger charge is -2.57. The van der Waals surface area contributed by atoms with Crippen molar-refractivity contribution in [2.24, 2.45) is 17.3 Å². The number of ketones is 1. The maximum atomic E-state index is 13.0. The van der Waals surface area contributed by atoms with Crippen LogP contribution >= 0.6 is 0 Å². The maximum Gasteiger partial charge on any atom is 0.331 e. The highest BCUT2D eigenvalue weighted by molar-refractivity contribution is 5.97. The second kappa shape index (κ2) is 8.26. The average molecular weight is 508 g/mol. The third-order valence-electron chi connectivity index (χ3n) is 9.76. The second-order valence-corrected chi connectivity index (χ2v) is 12.3. The quantitative estimate of drug-likeness (QED) is 0.552. The Morgan fingerprint density at radius 1 is 1.22 bits per heavy atom. The van der Waals surface area contributed by atoms with E-state index in [4.69, 9.17) is 14.6 Å². The Morgan fingerprint density at radius 3 is 2.70 bits per heavy atom. The van der Waals surface area contributed by atoms with E-state index in [0.29, 0.717) is 17.8 Å². The van der Waals surface area contributed by atoms with Gasteiger partial charge in [-0.2, -0.15) is 0 Å². The van der Waals surface area contributed by atoms with Gasteiger partial charge in [-0.1, -0.05) is 19.1 Å². The molecule has 1 aromatic carbocycles. The molecule has 37 heavy (non-hydrogen) atoms. The van der Waals surface area contributed by atoms with Gasteiger partial charge in [0, 0.05) is 28.9 Å². The van der Waals surface area contributed by atoms with Crippen LogP contribution in [0.1, 0.15) is 69.2 Å². The summed E-state index contributed by atoms with van der Waals surface area (Å²) in [5.74, 6) is 0.340. The van der Waals surface area contributed by atoms with E-state index in [-0.39, 0.29) is 11.2 Å². The summed E-state index contributed by atoms with van der Waals surface area (Å²) >= 11 is 0. The third kappa shape index (κ3) is 3.50. The lowest BCUT2D eigenvalue weighted by atomic mass is 9.50. The van der Waals surface area contributed by atoms with Crippen molar-refractivity contribution in [3.8, 4) is 0 Å². The number of rotatable bonds is 1. The van der Waals surface area contributed by atoms with Crippen LogP contribution in [-0.2, 0) is 30.2 Å². The molecule has 3 fully saturated rings. The Kier molecular flexibility index (Phi) is 5.54. The molecule has 0 amide bonds. The molecule has 5 aliphatic rings. The molecule has 6 unspecified atom stereocenters. The first-order valence-corrected chi connectivity index (χ1v) is 13.5. The minimum absolute atomic E-state index is 0.0905. The van der Waals surface area contributed by atoms with Crippen LogP contribution in [0.3, 0.4) is 0 Å². The van der Waals surface area contributed by atoms with E-state index in [1.54, 1.807) is 0 Å². The molecule has 2 bridgehead atoms. The monoisotopic (exact) mass is 507 g/mol. The van der Waals surface area contributed by atoms with E-state index in [9.17, 15) is 9.59 Å². The summed E-state index contributed by atoms with van der Waals surface area (Å²) in [6, 6.07) is 6.82. The predicted octanol–water partition coefficient (Wildman–Crippen LogP) is 4.49. The molecule has 7 rings (SSSR count). The van der Waals surface area contributed by atoms with E-state index in [1.165, 1.54) is 47.7 Å². The summed E-state index contributed by atoms with van der Waals surface area (Å²) in [4.78, 5) is 26.5. The number of aromatic nitrogens is 1. The van der Waals surface area contributed by atoms with Gasteiger partial charge in [0.2, 0.25) is 0 Å². The molecule has 1 aromatic heterocycles. The van der Waals surface area contributed by atoms with Gasteiger partial charge in [0.05, 0.1) is 7.11 Å². The molecule has 2 aliphatic heterocycles. The molecular weight excluding hydrogens is 470 g/mol. The first-order chi connectivity index (χ1) is 17.5. The number of carbonyl (C=O) groups excluding carboxylic acids is 2. The lowest BCUT2D eigenvalue weighted by molar-refractivity contribution is -0.199. The van der Waals surface area contributed by atoms with E-state index >= 15 is 0 Å². The van der Waals surface area contributed by atoms with Gasteiger partial charge < -0.3 is 24.3 Å². The standard InChI is InChI=1S/C27H31NO3.C3H6O3/c1-14-5-7-16-17-12-15-6-8-18-19-13-21(29)24-25(2,3)31-27(19,30-24)10-9-26(18,4)22(15)23(17)28-20(16)11-14;1-6-3(5)2-4/h5,7,11,13,15,18,22,24,28H,6,8-10,12H2,1-4H3;4H,2H2,1H3. The number of H-pyrrole nitrogens is 1. The first kappa shape index (κ1) is 24.8. The highest BCUT2D eigenvalue weighted by Gasteiger charge is 2.66. The number of nitrogens with one attached hydrogen (secondary N) is 1. The molecule has 1 saturated heterocycles. The summed E-state index contributed by atoms with van der Waals surface area (Å²) in [6.07, 6.45) is 6.88. The highest BCUT2D eigenvalue weighted by Crippen LogP contribution is 2.68. The molecule has 7 heteroatoms. The zero-order chi connectivity index (χ0) is 26.3. The third-order valence-corrected chi connectivity index (χ3v) is 9.76. The number of methoxy groups -OCH3 is 1. The number of hydrogen-bond acceptors (Lipinski definition) is 6. The van der Waals surface area contributed by atoms with Crippen molar-refractivity contribution in [2.45, 2.75) is 83.2 Å². The molecule has 2 saturated carbocycles. The Labute approximate surface area is 217 Å². The van der Waals surface area contributed by atoms with Gasteiger partial charge in [0.25, 0.3) is 0 Å². The fourth-order valence-electron chi connectivity index (χ4n) is 8.22. The Morgan fingerprint density at radius 2 is 2.00 bits per heavy atom. The Bertz CT molecular complexity index is 1320. The topological polar surface area (TPSA) is 97.9 Å². The highest BCUT2D eigenvalue weighted by atomic mass is 16.8. The van der Waals surface area contributed by atoms with Crippen molar-refractivity contribution >= 4 is 22.7 Å². The molecule has 198 valence electrons. The minimum atomic E-state index is -0.682. The number of aliphatic hydroxyl groups excluding tert-OH is 1. The number of benzene rings is 1. The molecule has 2 aromatic rings. The zero-order valence-corrected chi connectivity index (χ0v) is 22.3. The SMILES string of the molecule is COC(=O)CO.Cc1ccc2c3c([nH]c2c1)C1C(CCC2C4=CC(=O)C5OC4(CCC21C)OC5(C)C)C3. The van der Waals surface area contributed by atoms with E-state index in [1.807, 2.05) is 19.9 Å². The fourth-order valence-corrected chi connectivity index (χ4v) is 8.22. The van der Waals surface area contributed by atoms with Crippen molar-refractivity contribution in [1.82, 2.24) is 4.98 Å². The Balaban J connectivity index is 0.000000380. The van der Waals surface area contributed by atoms with E-state index in [0.717, 1.165) is 24.8 Å². The second-order valence-electron chi connectivity index (χ2n) is 12.3. The van der Waals surface area contributed by atoms with Crippen LogP contribution in [0.2, 0.25) is 0 Å². The lowest BCUT2D eigenvalue weighted by Crippen LogP contribution is -2.54. The largest absolute Gasteiger partial charge is 0.467 e. The molecule has 6 atom stereocenters. The van der Waals surface area contributed by atoms with E-state index in [2.05, 4.69) is 41.8 Å². The van der Waals surface area contributed by atoms with Crippen LogP contribution < -0.4 is 0 Å². The van der Waals surface area contributed by atoms with Gasteiger partial charge in [-0.25, -0.2) is 4.79 Å². The number of esters is 1. The van der Waals surface area contributed by atoms with Crippen LogP contribution in [0.25, 0.3) is 10.9 Å². The Hall–Kier alpha value is -2.48. The number of aliphatic hydroxyl groups is 1. The van der Waals surface area contributed by atoms with Gasteiger partial charge in [-0.15, -0.1) is 0 Å². The molecule has 3 aliphatic carbocycles. The van der Waals surface area contributed by atoms with Crippen LogP contribution in [0, 0.1) is 24.2 Å². The van der Waals surface area contributed by atoms with Crippen molar-refractivity contribution in [3.63, 3.8) is 0 Å². The molecular formula is C30H37NO6. The van der Waals surface area contributed by atoms with Crippen LogP contribution in [0.15, 0.2) is 29.8 Å². The molecule has 2 N–H and O–H groups in total. The summed E-state index contributed by atoms with van der Waals surface area (Å²) in [5.41, 5.74) is 6.27. The smallest absolute Gasteiger partial charge is 0.331 e. The van der Waals surface area contributed by atoms with Gasteiger partial charge in [-0.05, 0) is 92.5 Å². The summed E-state index contributed by atoms with van der Waals surface area (Å²) in [7, 11) is 1.22. The van der Waals surface area contributed by atoms with Crippen LogP contribution in [0.5, 0.6) is 0 Å². The molecule has 3 heterocycles. The number of aryl methyl sites for hydroxylation is 1. The molecule has 1 spiro atoms. The maximum absolute atomic E-state index is 13.0. The minimum Gasteiger partial charge on any atom is -0.467 e. The van der Waals surface area contributed by atoms with Crippen molar-refractivity contribution in [3.05, 3.63) is 46.7 Å². The first-order valence-electron chi connectivity index (χ1n) is 13.5. The number of carbonyl (C=O) groups is 2. The predicted molar refractivity (Wildman–Crippen MR) is 138 cm³/mol. The van der Waals surface area contributed by atoms with Gasteiger partial charge in [0.15, 0.2) is 17.7 Å². The zero-order valence-electron chi connectivity index (χ0n) is 22.3. The van der Waals surface area contributed by atoms with Gasteiger partial charge in [-0.3, -0.25) is 4.79 Å². The van der Waals surface area contributed by atoms with Crippen molar-refractivity contribution < 1.29 is 28.9 Å². The van der Waals surface area contributed by atoms with Crippen molar-refractivity contribution in [1.29, 1.82) is 0 Å². The summed E-state index contributed by atoms with van der Waals surface area (Å²) < 4.78 is 17.0. The van der Waals surface area contributed by atoms with E-state index < -0.39 is 30.1 Å². The van der Waals surface area contributed by atoms with Crippen LogP contribution in [0.4, 0.5) is 0 Å². The van der Waals surface area contributed by atoms with Crippen LogP contribution in [-0.4, -0.2) is 53.1 Å². The molecule has 0 radical (unpaired) electrons. The van der Waals surface area contributed by atoms with Gasteiger partial charge in [0.1, 0.15) is 12.2 Å². The number of hydrogen-bond donors (Lipinski definition) is 2. The van der Waals surface area contributed by atoms with Gasteiger partial charge >= 0.3 is 5.97 Å². The van der Waals surface area contributed by atoms with Crippen molar-refractivity contribution in [2.75, 3.05) is 13.7 Å². The normalized spacial score (nSPS) is 36.5. The summed E-state index contributed by atoms with van der Waals surface area (Å²) in [6.45, 7) is 8.11. The number of fused-ring (bicyclic) bond motifs is 9. The summed E-state index contributed by atoms with van der Waals surface area (Å²) in [5, 5.41) is 9.26. The molecule has 7 nitrogen and oxygen atoms in total. The number of ether oxygens (including phenoxy) is 3. The average Bonchev–Trinajstić information content (AvgIpc) is 3.46.